The van der Waals surface area contributed by atoms with Crippen molar-refractivity contribution >= 4 is 47.2 Å². The lowest BCUT2D eigenvalue weighted by Crippen LogP contribution is -2.45. The minimum absolute atomic E-state index is 0. The Balaban J connectivity index is 0.00000341. The Morgan fingerprint density at radius 2 is 2.06 bits per heavy atom. The van der Waals surface area contributed by atoms with Gasteiger partial charge in [-0.25, -0.2) is 0 Å². The smallest absolute Gasteiger partial charge is 0.230 e. The van der Waals surface area contributed by atoms with Crippen LogP contribution < -0.4 is 10.6 Å². The summed E-state index contributed by atoms with van der Waals surface area (Å²) in [6, 6.07) is 4.37. The maximum atomic E-state index is 12.8. The molecule has 2 aliphatic rings. The summed E-state index contributed by atoms with van der Waals surface area (Å²) in [5, 5.41) is 9.11. The first kappa shape index (κ1) is 26.4. The zero-order valence-corrected chi connectivity index (χ0v) is 22.5. The number of halogens is 1. The van der Waals surface area contributed by atoms with Gasteiger partial charge in [-0.1, -0.05) is 18.9 Å². The number of piperidine rings is 1. The van der Waals surface area contributed by atoms with E-state index in [4.69, 9.17) is 4.99 Å². The van der Waals surface area contributed by atoms with Crippen LogP contribution in [0.3, 0.4) is 0 Å². The summed E-state index contributed by atoms with van der Waals surface area (Å²) in [7, 11) is 3.72. The van der Waals surface area contributed by atoms with E-state index in [-0.39, 0.29) is 35.3 Å². The number of nitrogens with zero attached hydrogens (tertiary/aromatic N) is 3. The quantitative estimate of drug-likeness (QED) is 0.288. The van der Waals surface area contributed by atoms with E-state index in [9.17, 15) is 4.79 Å². The topological polar surface area (TPSA) is 60.0 Å². The van der Waals surface area contributed by atoms with Crippen molar-refractivity contribution < 1.29 is 4.79 Å². The number of carbonyl (C=O) groups is 1. The van der Waals surface area contributed by atoms with Gasteiger partial charge in [-0.05, 0) is 56.5 Å². The van der Waals surface area contributed by atoms with Crippen molar-refractivity contribution in [2.75, 3.05) is 46.8 Å². The first-order chi connectivity index (χ1) is 14.5. The first-order valence-corrected chi connectivity index (χ1v) is 12.4. The fourth-order valence-electron chi connectivity index (χ4n) is 4.86. The minimum atomic E-state index is -0.311. The predicted molar refractivity (Wildman–Crippen MR) is 141 cm³/mol. The number of amides is 1. The Kier molecular flexibility index (Phi) is 11.1. The van der Waals surface area contributed by atoms with Crippen LogP contribution in [-0.4, -0.2) is 68.5 Å². The summed E-state index contributed by atoms with van der Waals surface area (Å²) in [6.45, 7) is 7.82. The van der Waals surface area contributed by atoms with E-state index in [1.807, 2.05) is 25.4 Å². The number of nitrogens with one attached hydrogen (secondary N) is 2. The summed E-state index contributed by atoms with van der Waals surface area (Å²) in [5.41, 5.74) is -0.311. The number of aliphatic imine (C=N–C) groups is 1. The molecule has 0 radical (unpaired) electrons. The molecule has 31 heavy (non-hydrogen) atoms. The summed E-state index contributed by atoms with van der Waals surface area (Å²) in [4.78, 5) is 23.5. The third-order valence-electron chi connectivity index (χ3n) is 6.43. The molecule has 2 fully saturated rings. The van der Waals surface area contributed by atoms with Crippen LogP contribution in [0.1, 0.15) is 50.3 Å². The molecule has 1 amide bonds. The number of rotatable bonds is 8. The van der Waals surface area contributed by atoms with Gasteiger partial charge in [0.2, 0.25) is 5.91 Å². The van der Waals surface area contributed by atoms with Crippen molar-refractivity contribution in [2.24, 2.45) is 16.3 Å². The highest BCUT2D eigenvalue weighted by Crippen LogP contribution is 2.39. The molecular weight excluding hydrogens is 521 g/mol. The predicted octanol–water partition coefficient (Wildman–Crippen LogP) is 3.78. The molecule has 2 heterocycles. The SMILES string of the molecule is CCNC(=NCC1(C(=O)N(C)C)CCCC1)NCC1CCCN(Cc2cccs2)C1.I. The Morgan fingerprint density at radius 3 is 2.71 bits per heavy atom. The lowest BCUT2D eigenvalue weighted by atomic mass is 9.85. The van der Waals surface area contributed by atoms with Crippen LogP contribution in [0.25, 0.3) is 0 Å². The molecule has 0 aromatic carbocycles. The van der Waals surface area contributed by atoms with Crippen molar-refractivity contribution in [1.29, 1.82) is 0 Å². The van der Waals surface area contributed by atoms with E-state index in [0.717, 1.165) is 57.8 Å². The lowest BCUT2D eigenvalue weighted by molar-refractivity contribution is -0.138. The zero-order chi connectivity index (χ0) is 21.4. The van der Waals surface area contributed by atoms with Gasteiger partial charge in [0.1, 0.15) is 0 Å². The molecule has 3 rings (SSSR count). The molecule has 1 aromatic heterocycles. The molecule has 6 nitrogen and oxygen atoms in total. The van der Waals surface area contributed by atoms with Gasteiger partial charge in [-0.15, -0.1) is 35.3 Å². The fourth-order valence-corrected chi connectivity index (χ4v) is 5.61. The van der Waals surface area contributed by atoms with Crippen molar-refractivity contribution in [1.82, 2.24) is 20.4 Å². The Bertz CT molecular complexity index is 688. The standard InChI is InChI=1S/C23H39N5OS.HI/c1-4-24-22(26-18-23(11-5-6-12-23)21(29)27(2)3)25-15-19-9-7-13-28(16-19)17-20-10-8-14-30-20;/h8,10,14,19H,4-7,9,11-13,15-18H2,1-3H3,(H2,24,25,26);1H. The van der Waals surface area contributed by atoms with Crippen LogP contribution in [0.5, 0.6) is 0 Å². The molecule has 1 aliphatic heterocycles. The fraction of sp³-hybridized carbons (Fsp3) is 0.739. The van der Waals surface area contributed by atoms with Gasteiger partial charge >= 0.3 is 0 Å². The Morgan fingerprint density at radius 1 is 1.29 bits per heavy atom. The summed E-state index contributed by atoms with van der Waals surface area (Å²) in [5.74, 6) is 1.72. The van der Waals surface area contributed by atoms with Crippen LogP contribution in [0.4, 0.5) is 0 Å². The van der Waals surface area contributed by atoms with Crippen molar-refractivity contribution in [2.45, 2.75) is 52.0 Å². The lowest BCUT2D eigenvalue weighted by Gasteiger charge is -2.33. The van der Waals surface area contributed by atoms with Crippen LogP contribution in [-0.2, 0) is 11.3 Å². The number of likely N-dealkylation sites (tertiary alicyclic amines) is 1. The molecule has 1 aromatic rings. The molecule has 1 saturated carbocycles. The minimum Gasteiger partial charge on any atom is -0.357 e. The second-order valence-corrected chi connectivity index (χ2v) is 10.1. The molecule has 0 spiro atoms. The van der Waals surface area contributed by atoms with Gasteiger partial charge < -0.3 is 15.5 Å². The summed E-state index contributed by atoms with van der Waals surface area (Å²) < 4.78 is 0. The maximum Gasteiger partial charge on any atom is 0.230 e. The number of guanidine groups is 1. The van der Waals surface area contributed by atoms with Crippen molar-refractivity contribution in [3.8, 4) is 0 Å². The third kappa shape index (κ3) is 7.60. The van der Waals surface area contributed by atoms with Crippen molar-refractivity contribution in [3.63, 3.8) is 0 Å². The zero-order valence-electron chi connectivity index (χ0n) is 19.4. The van der Waals surface area contributed by atoms with Crippen molar-refractivity contribution in [3.05, 3.63) is 22.4 Å². The van der Waals surface area contributed by atoms with E-state index >= 15 is 0 Å². The molecule has 176 valence electrons. The highest BCUT2D eigenvalue weighted by molar-refractivity contribution is 14.0. The van der Waals surface area contributed by atoms with E-state index in [1.165, 1.54) is 24.3 Å². The van der Waals surface area contributed by atoms with Gasteiger partial charge in [-0.3, -0.25) is 14.7 Å². The molecule has 1 saturated heterocycles. The van der Waals surface area contributed by atoms with Crippen LogP contribution in [0.2, 0.25) is 0 Å². The molecular formula is C23H40IN5OS. The van der Waals surface area contributed by atoms with Crippen LogP contribution in [0.15, 0.2) is 22.5 Å². The number of hydrogen-bond acceptors (Lipinski definition) is 4. The van der Waals surface area contributed by atoms with Crippen LogP contribution in [0, 0.1) is 11.3 Å². The second-order valence-electron chi connectivity index (χ2n) is 9.09. The van der Waals surface area contributed by atoms with E-state index in [0.29, 0.717) is 12.5 Å². The molecule has 0 bridgehead atoms. The van der Waals surface area contributed by atoms with Gasteiger partial charge in [0.15, 0.2) is 5.96 Å². The van der Waals surface area contributed by atoms with Crippen LogP contribution >= 0.6 is 35.3 Å². The second kappa shape index (κ2) is 13.0. The van der Waals surface area contributed by atoms with E-state index in [2.05, 4.69) is 40.0 Å². The average Bonchev–Trinajstić information content (AvgIpc) is 3.42. The molecule has 2 N–H and O–H groups in total. The molecule has 1 atom stereocenters. The molecule has 1 aliphatic carbocycles. The highest BCUT2D eigenvalue weighted by Gasteiger charge is 2.42. The highest BCUT2D eigenvalue weighted by atomic mass is 127. The normalized spacial score (nSPS) is 21.4. The number of thiophene rings is 1. The van der Waals surface area contributed by atoms with E-state index < -0.39 is 0 Å². The molecule has 8 heteroatoms. The van der Waals surface area contributed by atoms with Gasteiger partial charge in [-0.2, -0.15) is 0 Å². The molecule has 1 unspecified atom stereocenters. The van der Waals surface area contributed by atoms with Gasteiger partial charge in [0, 0.05) is 45.2 Å². The number of hydrogen-bond donors (Lipinski definition) is 2. The Hall–Kier alpha value is -0.870. The van der Waals surface area contributed by atoms with Gasteiger partial charge in [0.05, 0.1) is 12.0 Å². The summed E-state index contributed by atoms with van der Waals surface area (Å²) in [6.07, 6.45) is 6.67. The Labute approximate surface area is 209 Å². The number of carbonyl (C=O) groups excluding carboxylic acids is 1. The first-order valence-electron chi connectivity index (χ1n) is 11.5. The van der Waals surface area contributed by atoms with E-state index in [1.54, 1.807) is 4.90 Å². The summed E-state index contributed by atoms with van der Waals surface area (Å²) >= 11 is 1.85. The average molecular weight is 562 g/mol. The third-order valence-corrected chi connectivity index (χ3v) is 7.29. The maximum absolute atomic E-state index is 12.8. The monoisotopic (exact) mass is 561 g/mol. The van der Waals surface area contributed by atoms with Gasteiger partial charge in [0.25, 0.3) is 0 Å². The largest absolute Gasteiger partial charge is 0.357 e.